The van der Waals surface area contributed by atoms with Crippen molar-refractivity contribution in [1.82, 2.24) is 9.62 Å². The lowest BCUT2D eigenvalue weighted by atomic mass is 10.0. The fourth-order valence-electron chi connectivity index (χ4n) is 3.42. The highest BCUT2D eigenvalue weighted by molar-refractivity contribution is 7.89. The molecule has 2 rings (SSSR count). The first-order valence-electron chi connectivity index (χ1n) is 9.30. The molecule has 3 N–H and O–H groups in total. The van der Waals surface area contributed by atoms with Crippen LogP contribution in [-0.2, 0) is 14.8 Å². The number of carbonyl (C=O) groups excluding carboxylic acids is 1. The maximum absolute atomic E-state index is 13.0. The second-order valence-corrected chi connectivity index (χ2v) is 9.30. The fraction of sp³-hybridized carbons (Fsp3) is 0.579. The minimum Gasteiger partial charge on any atom is -0.368 e. The first-order valence-corrected chi connectivity index (χ1v) is 10.7. The molecular weight excluding hydrogens is 364 g/mol. The van der Waals surface area contributed by atoms with Gasteiger partial charge in [0.1, 0.15) is 6.07 Å². The van der Waals surface area contributed by atoms with Gasteiger partial charge in [0, 0.05) is 19.1 Å². The normalized spacial score (nSPS) is 20.0. The van der Waals surface area contributed by atoms with Crippen LogP contribution in [0, 0.1) is 17.2 Å². The summed E-state index contributed by atoms with van der Waals surface area (Å²) in [4.78, 5) is 11.7. The number of sulfonamides is 1. The van der Waals surface area contributed by atoms with E-state index in [0.29, 0.717) is 38.3 Å². The van der Waals surface area contributed by atoms with Crippen LogP contribution in [-0.4, -0.2) is 43.8 Å². The molecule has 0 aliphatic carbocycles. The Labute approximate surface area is 161 Å². The van der Waals surface area contributed by atoms with Crippen molar-refractivity contribution in [2.24, 2.45) is 11.7 Å². The minimum absolute atomic E-state index is 0.0349. The number of carbonyl (C=O) groups is 1. The molecule has 8 heteroatoms. The average Bonchev–Trinajstić information content (AvgIpc) is 2.86. The summed E-state index contributed by atoms with van der Waals surface area (Å²) >= 11 is 0. The number of rotatable bonds is 7. The van der Waals surface area contributed by atoms with Crippen LogP contribution in [0.2, 0.25) is 0 Å². The van der Waals surface area contributed by atoms with Gasteiger partial charge in [-0.3, -0.25) is 4.79 Å². The molecule has 1 saturated heterocycles. The van der Waals surface area contributed by atoms with Crippen molar-refractivity contribution in [2.75, 3.05) is 13.1 Å². The van der Waals surface area contributed by atoms with E-state index in [1.54, 1.807) is 12.1 Å². The predicted molar refractivity (Wildman–Crippen MR) is 103 cm³/mol. The van der Waals surface area contributed by atoms with Crippen LogP contribution >= 0.6 is 0 Å². The Kier molecular flexibility index (Phi) is 7.36. The summed E-state index contributed by atoms with van der Waals surface area (Å²) in [6, 6.07) is 7.84. The second kappa shape index (κ2) is 9.31. The zero-order chi connectivity index (χ0) is 20.0. The van der Waals surface area contributed by atoms with Crippen molar-refractivity contribution in [3.8, 4) is 6.07 Å². The summed E-state index contributed by atoms with van der Waals surface area (Å²) in [5.74, 6) is -0.0412. The molecule has 148 valence electrons. The highest BCUT2D eigenvalue weighted by Gasteiger charge is 2.30. The largest absolute Gasteiger partial charge is 0.368 e. The van der Waals surface area contributed by atoms with E-state index in [0.717, 1.165) is 6.42 Å². The van der Waals surface area contributed by atoms with E-state index in [1.807, 2.05) is 19.9 Å². The lowest BCUT2D eigenvalue weighted by molar-refractivity contribution is -0.120. The third kappa shape index (κ3) is 5.51. The lowest BCUT2D eigenvalue weighted by Gasteiger charge is -2.24. The van der Waals surface area contributed by atoms with Gasteiger partial charge in [-0.05, 0) is 43.7 Å². The topological polar surface area (TPSA) is 116 Å². The van der Waals surface area contributed by atoms with Gasteiger partial charge in [0.15, 0.2) is 0 Å². The van der Waals surface area contributed by atoms with E-state index in [2.05, 4.69) is 5.32 Å². The Hall–Kier alpha value is -1.95. The fourth-order valence-corrected chi connectivity index (χ4v) is 5.06. The van der Waals surface area contributed by atoms with Crippen LogP contribution in [0.5, 0.6) is 0 Å². The minimum atomic E-state index is -3.72. The van der Waals surface area contributed by atoms with Crippen LogP contribution in [0.4, 0.5) is 0 Å². The number of hydrogen-bond donors (Lipinski definition) is 2. The Morgan fingerprint density at radius 1 is 1.33 bits per heavy atom. The Morgan fingerprint density at radius 3 is 2.67 bits per heavy atom. The number of nitrogens with two attached hydrogens (primary N) is 1. The average molecular weight is 393 g/mol. The van der Waals surface area contributed by atoms with Gasteiger partial charge in [-0.1, -0.05) is 26.0 Å². The molecule has 1 amide bonds. The highest BCUT2D eigenvalue weighted by atomic mass is 32.2. The van der Waals surface area contributed by atoms with E-state index in [9.17, 15) is 18.5 Å². The van der Waals surface area contributed by atoms with E-state index in [-0.39, 0.29) is 22.4 Å². The predicted octanol–water partition coefficient (Wildman–Crippen LogP) is 1.59. The number of hydrogen-bond acceptors (Lipinski definition) is 5. The van der Waals surface area contributed by atoms with Gasteiger partial charge in [-0.2, -0.15) is 9.57 Å². The van der Waals surface area contributed by atoms with Gasteiger partial charge in [-0.25, -0.2) is 8.42 Å². The molecule has 0 saturated carbocycles. The number of nitriles is 1. The van der Waals surface area contributed by atoms with Crippen molar-refractivity contribution in [3.63, 3.8) is 0 Å². The number of nitrogens with zero attached hydrogens (tertiary/aromatic N) is 2. The quantitative estimate of drug-likeness (QED) is 0.731. The zero-order valence-corrected chi connectivity index (χ0v) is 16.7. The molecule has 0 aromatic heterocycles. The molecule has 1 heterocycles. The van der Waals surface area contributed by atoms with Gasteiger partial charge >= 0.3 is 0 Å². The van der Waals surface area contributed by atoms with Crippen LogP contribution in [0.25, 0.3) is 0 Å². The molecule has 1 fully saturated rings. The van der Waals surface area contributed by atoms with Crippen LogP contribution in [0.15, 0.2) is 29.2 Å². The summed E-state index contributed by atoms with van der Waals surface area (Å²) in [5, 5.41) is 12.5. The summed E-state index contributed by atoms with van der Waals surface area (Å²) in [7, 11) is -3.72. The highest BCUT2D eigenvalue weighted by Crippen LogP contribution is 2.23. The third-order valence-electron chi connectivity index (χ3n) is 4.80. The Morgan fingerprint density at radius 2 is 2.04 bits per heavy atom. The number of primary amides is 1. The van der Waals surface area contributed by atoms with Gasteiger partial charge in [-0.15, -0.1) is 0 Å². The first-order chi connectivity index (χ1) is 12.8. The maximum Gasteiger partial charge on any atom is 0.244 e. The van der Waals surface area contributed by atoms with Crippen molar-refractivity contribution in [1.29, 1.82) is 5.26 Å². The molecule has 1 aliphatic heterocycles. The molecule has 1 aromatic rings. The summed E-state index contributed by atoms with van der Waals surface area (Å²) in [6.45, 7) is 4.80. The van der Waals surface area contributed by atoms with Crippen molar-refractivity contribution < 1.29 is 13.2 Å². The van der Waals surface area contributed by atoms with Gasteiger partial charge in [0.2, 0.25) is 15.9 Å². The molecule has 0 spiro atoms. The van der Waals surface area contributed by atoms with Gasteiger partial charge in [0.05, 0.1) is 16.5 Å². The molecule has 2 atom stereocenters. The standard InChI is InChI=1S/C19H28N4O3S/c1-14(2)12-17(19(21)24)22-16-7-5-10-23(11-9-16)27(25,26)18-8-4-3-6-15(18)13-20/h3-4,6,8,14,16-17,22H,5,7,9-12H2,1-2H3,(H2,21,24)/t16?,17-/m0/s1. The first kappa shape index (κ1) is 21.4. The second-order valence-electron chi connectivity index (χ2n) is 7.39. The molecular formula is C19H28N4O3S. The van der Waals surface area contributed by atoms with Crippen LogP contribution in [0.1, 0.15) is 45.1 Å². The number of benzene rings is 1. The Balaban J connectivity index is 2.10. The molecule has 1 aromatic carbocycles. The van der Waals surface area contributed by atoms with E-state index >= 15 is 0 Å². The smallest absolute Gasteiger partial charge is 0.244 e. The third-order valence-corrected chi connectivity index (χ3v) is 6.76. The van der Waals surface area contributed by atoms with E-state index in [1.165, 1.54) is 16.4 Å². The van der Waals surface area contributed by atoms with Gasteiger partial charge in [0.25, 0.3) is 0 Å². The summed E-state index contributed by atoms with van der Waals surface area (Å²) in [5.41, 5.74) is 5.66. The van der Waals surface area contributed by atoms with Gasteiger partial charge < -0.3 is 11.1 Å². The summed E-state index contributed by atoms with van der Waals surface area (Å²) < 4.78 is 27.4. The molecule has 1 aliphatic rings. The monoisotopic (exact) mass is 392 g/mol. The van der Waals surface area contributed by atoms with E-state index < -0.39 is 16.1 Å². The SMILES string of the molecule is CC(C)C[C@H](NC1CCCN(S(=O)(=O)c2ccccc2C#N)CC1)C(N)=O. The number of amides is 1. The zero-order valence-electron chi connectivity index (χ0n) is 15.9. The maximum atomic E-state index is 13.0. The molecule has 0 bridgehead atoms. The Bertz CT molecular complexity index is 801. The van der Waals surface area contributed by atoms with E-state index in [4.69, 9.17) is 5.73 Å². The summed E-state index contributed by atoms with van der Waals surface area (Å²) in [6.07, 6.45) is 2.70. The number of nitrogens with one attached hydrogen (secondary N) is 1. The van der Waals surface area contributed by atoms with Crippen LogP contribution < -0.4 is 11.1 Å². The molecule has 1 unspecified atom stereocenters. The lowest BCUT2D eigenvalue weighted by Crippen LogP contribution is -2.47. The molecule has 7 nitrogen and oxygen atoms in total. The molecule has 0 radical (unpaired) electrons. The molecule has 27 heavy (non-hydrogen) atoms. The van der Waals surface area contributed by atoms with Crippen LogP contribution in [0.3, 0.4) is 0 Å². The van der Waals surface area contributed by atoms with Crippen molar-refractivity contribution in [3.05, 3.63) is 29.8 Å². The van der Waals surface area contributed by atoms with Crippen molar-refractivity contribution >= 4 is 15.9 Å². The van der Waals surface area contributed by atoms with Crippen molar-refractivity contribution in [2.45, 2.75) is 56.5 Å².